The second-order valence-electron chi connectivity index (χ2n) is 7.47. The summed E-state index contributed by atoms with van der Waals surface area (Å²) in [6, 6.07) is 3.46. The molecule has 4 aromatic rings. The molecule has 4 aromatic heterocycles. The fourth-order valence-corrected chi connectivity index (χ4v) is 3.56. The summed E-state index contributed by atoms with van der Waals surface area (Å²) in [4.78, 5) is 29.4. The first-order valence-electron chi connectivity index (χ1n) is 10.3. The van der Waals surface area contributed by atoms with Gasteiger partial charge in [0.15, 0.2) is 5.82 Å². The molecule has 0 aliphatic rings. The van der Waals surface area contributed by atoms with Crippen LogP contribution in [0.25, 0.3) is 33.8 Å². The van der Waals surface area contributed by atoms with E-state index in [0.717, 1.165) is 16.8 Å². The van der Waals surface area contributed by atoms with Crippen molar-refractivity contribution >= 4 is 23.3 Å². The zero-order valence-electron chi connectivity index (χ0n) is 19.2. The molecule has 0 aliphatic carbocycles. The number of nitrogens with zero attached hydrogens (tertiary/aromatic N) is 7. The Balaban J connectivity index is 0.00000108. The molecule has 0 aromatic carbocycles. The number of ether oxygens (including phenoxy) is 1. The van der Waals surface area contributed by atoms with Crippen molar-refractivity contribution in [3.05, 3.63) is 35.9 Å². The highest BCUT2D eigenvalue weighted by molar-refractivity contribution is 5.99. The van der Waals surface area contributed by atoms with E-state index in [1.165, 1.54) is 0 Å². The Morgan fingerprint density at radius 3 is 2.66 bits per heavy atom. The fraction of sp³-hybridized carbons (Fsp3) is 0.333. The number of hydrogen-bond donors (Lipinski definition) is 2. The maximum atomic E-state index is 12.2. The van der Waals surface area contributed by atoms with Crippen molar-refractivity contribution in [3.8, 4) is 22.9 Å². The van der Waals surface area contributed by atoms with Gasteiger partial charge in [0.1, 0.15) is 17.1 Å². The molecular weight excluding hydrogens is 466 g/mol. The first-order valence-corrected chi connectivity index (χ1v) is 10.3. The minimum atomic E-state index is -2.79. The van der Waals surface area contributed by atoms with Crippen molar-refractivity contribution in [2.75, 3.05) is 6.61 Å². The van der Waals surface area contributed by atoms with Crippen LogP contribution < -0.4 is 5.73 Å². The number of fused-ring (bicyclic) bond motifs is 1. The van der Waals surface area contributed by atoms with Gasteiger partial charge in [-0.2, -0.15) is 19.0 Å². The van der Waals surface area contributed by atoms with Gasteiger partial charge in [-0.25, -0.2) is 9.97 Å². The lowest BCUT2D eigenvalue weighted by Gasteiger charge is -2.06. The number of nitrogens with two attached hydrogens (primary N) is 1. The van der Waals surface area contributed by atoms with E-state index in [1.807, 2.05) is 26.2 Å². The summed E-state index contributed by atoms with van der Waals surface area (Å²) in [6.07, 6.45) is 3.85. The van der Waals surface area contributed by atoms with Gasteiger partial charge < -0.3 is 20.1 Å². The van der Waals surface area contributed by atoms with Crippen molar-refractivity contribution in [1.29, 1.82) is 0 Å². The van der Waals surface area contributed by atoms with Crippen LogP contribution in [0.4, 0.5) is 8.78 Å². The highest BCUT2D eigenvalue weighted by Gasteiger charge is 2.20. The van der Waals surface area contributed by atoms with Crippen molar-refractivity contribution < 1.29 is 28.2 Å². The third-order valence-electron chi connectivity index (χ3n) is 5.01. The Labute approximate surface area is 197 Å². The maximum absolute atomic E-state index is 12.2. The molecule has 186 valence electrons. The van der Waals surface area contributed by atoms with Gasteiger partial charge in [0.2, 0.25) is 0 Å². The predicted octanol–water partition coefficient (Wildman–Crippen LogP) is 1.97. The number of carbonyl (C=O) groups is 2. The number of rotatable bonds is 8. The predicted molar refractivity (Wildman–Crippen MR) is 120 cm³/mol. The lowest BCUT2D eigenvalue weighted by Crippen LogP contribution is -2.14. The number of amides is 1. The minimum absolute atomic E-state index is 0.0771. The molecule has 0 bridgehead atoms. The van der Waals surface area contributed by atoms with E-state index in [2.05, 4.69) is 19.9 Å². The van der Waals surface area contributed by atoms with Crippen LogP contribution in [0, 0.1) is 6.92 Å². The molecule has 0 saturated heterocycles. The van der Waals surface area contributed by atoms with Gasteiger partial charge in [-0.3, -0.25) is 19.0 Å². The van der Waals surface area contributed by atoms with Crippen molar-refractivity contribution in [2.24, 2.45) is 19.8 Å². The molecule has 0 spiro atoms. The number of pyridine rings is 1. The quantitative estimate of drug-likeness (QED) is 0.280. The summed E-state index contributed by atoms with van der Waals surface area (Å²) in [5.74, 6) is -0.129. The van der Waals surface area contributed by atoms with E-state index in [4.69, 9.17) is 20.6 Å². The third kappa shape index (κ3) is 5.66. The van der Waals surface area contributed by atoms with Gasteiger partial charge in [0.05, 0.1) is 29.7 Å². The van der Waals surface area contributed by atoms with Gasteiger partial charge in [-0.05, 0) is 25.5 Å². The molecule has 0 fully saturated rings. The number of alkyl halides is 2. The number of aryl methyl sites for hydroxylation is 4. The van der Waals surface area contributed by atoms with E-state index in [0.29, 0.717) is 35.7 Å². The smallest absolute Gasteiger partial charge is 0.345 e. The molecule has 35 heavy (non-hydrogen) atoms. The number of primary amides is 1. The van der Waals surface area contributed by atoms with Crippen LogP contribution in [0.5, 0.6) is 0 Å². The molecule has 1 amide bonds. The fourth-order valence-electron chi connectivity index (χ4n) is 3.56. The largest absolute Gasteiger partial charge is 0.483 e. The number of halogens is 2. The van der Waals surface area contributed by atoms with Crippen LogP contribution >= 0.6 is 0 Å². The maximum Gasteiger partial charge on any atom is 0.345 e. The zero-order valence-corrected chi connectivity index (χ0v) is 19.2. The Bertz CT molecular complexity index is 1340. The zero-order chi connectivity index (χ0) is 25.7. The molecule has 14 heteroatoms. The van der Waals surface area contributed by atoms with E-state index >= 15 is 0 Å². The van der Waals surface area contributed by atoms with Crippen LogP contribution in [0.3, 0.4) is 0 Å². The molecule has 0 aliphatic heterocycles. The number of imidazole rings is 1. The number of hydrogen-bond acceptors (Lipinski definition) is 7. The summed E-state index contributed by atoms with van der Waals surface area (Å²) in [7, 11) is 3.58. The second kappa shape index (κ2) is 10.8. The normalized spacial score (nSPS) is 11.0. The first-order chi connectivity index (χ1) is 16.7. The van der Waals surface area contributed by atoms with Crippen molar-refractivity contribution in [3.63, 3.8) is 0 Å². The molecule has 0 radical (unpaired) electrons. The van der Waals surface area contributed by atoms with Crippen LogP contribution in [-0.4, -0.2) is 64.8 Å². The van der Waals surface area contributed by atoms with Crippen LogP contribution in [0.2, 0.25) is 0 Å². The molecule has 0 unspecified atom stereocenters. The molecule has 3 N–H and O–H groups in total. The number of carbonyl (C=O) groups excluding carboxylic acids is 1. The average molecular weight is 490 g/mol. The molecule has 0 saturated carbocycles. The Morgan fingerprint density at radius 2 is 2.00 bits per heavy atom. The van der Waals surface area contributed by atoms with Crippen molar-refractivity contribution in [2.45, 2.75) is 26.5 Å². The SMILES string of the molecule is Cc1cc(-c2cn(C)c(-c3nc(C(N)=O)cc4c3cnn4C)n2)n(CCCOC(F)F)n1.O=CO. The van der Waals surface area contributed by atoms with Gasteiger partial charge in [-0.1, -0.05) is 0 Å². The molecule has 0 atom stereocenters. The highest BCUT2D eigenvalue weighted by Crippen LogP contribution is 2.29. The van der Waals surface area contributed by atoms with E-state index in [9.17, 15) is 13.6 Å². The first kappa shape index (κ1) is 25.4. The molecule has 4 heterocycles. The Hall–Kier alpha value is -4.20. The third-order valence-corrected chi connectivity index (χ3v) is 5.01. The van der Waals surface area contributed by atoms with Crippen LogP contribution in [-0.2, 0) is 30.2 Å². The van der Waals surface area contributed by atoms with E-state index in [1.54, 1.807) is 33.2 Å². The highest BCUT2D eigenvalue weighted by atomic mass is 19.3. The molecule has 12 nitrogen and oxygen atoms in total. The molecule has 4 rings (SSSR count). The Kier molecular flexibility index (Phi) is 7.86. The molecular formula is C21H24F2N8O4. The lowest BCUT2D eigenvalue weighted by molar-refractivity contribution is -0.129. The van der Waals surface area contributed by atoms with E-state index < -0.39 is 12.5 Å². The number of aromatic nitrogens is 7. The Morgan fingerprint density at radius 1 is 1.29 bits per heavy atom. The average Bonchev–Trinajstić information content (AvgIpc) is 3.48. The lowest BCUT2D eigenvalue weighted by atomic mass is 10.2. The van der Waals surface area contributed by atoms with Crippen molar-refractivity contribution in [1.82, 2.24) is 34.1 Å². The number of carboxylic acid groups (broad SMARTS) is 1. The van der Waals surface area contributed by atoms with Crippen LogP contribution in [0.1, 0.15) is 22.6 Å². The topological polar surface area (TPSA) is 156 Å². The van der Waals surface area contributed by atoms with Gasteiger partial charge in [-0.15, -0.1) is 0 Å². The van der Waals surface area contributed by atoms with E-state index in [-0.39, 0.29) is 18.8 Å². The summed E-state index contributed by atoms with van der Waals surface area (Å²) >= 11 is 0. The van der Waals surface area contributed by atoms with Crippen LogP contribution in [0.15, 0.2) is 24.5 Å². The van der Waals surface area contributed by atoms with Gasteiger partial charge >= 0.3 is 6.61 Å². The summed E-state index contributed by atoms with van der Waals surface area (Å²) in [6.45, 7) is -0.882. The summed E-state index contributed by atoms with van der Waals surface area (Å²) in [5.41, 5.74) is 8.90. The second-order valence-corrected chi connectivity index (χ2v) is 7.47. The standard InChI is InChI=1S/C20H22F2N8O2.CH2O2/c1-11-7-16(30(27-11)5-4-6-32-20(21)22)14-10-28(2)19(26-14)17-12-9-24-29(3)15(12)8-13(25-17)18(23)31;2-1-3/h7-10,20H,4-6H2,1-3H3,(H2,23,31);1H,(H,2,3). The minimum Gasteiger partial charge on any atom is -0.483 e. The van der Waals surface area contributed by atoms with Gasteiger partial charge in [0, 0.05) is 32.2 Å². The van der Waals surface area contributed by atoms with Gasteiger partial charge in [0.25, 0.3) is 12.4 Å². The monoisotopic (exact) mass is 490 g/mol. The summed E-state index contributed by atoms with van der Waals surface area (Å²) in [5, 5.41) is 16.3. The summed E-state index contributed by atoms with van der Waals surface area (Å²) < 4.78 is 33.9.